The zero-order valence-electron chi connectivity index (χ0n) is 26.7. The van der Waals surface area contributed by atoms with Crippen LogP contribution >= 0.6 is 0 Å². The summed E-state index contributed by atoms with van der Waals surface area (Å²) in [5.41, 5.74) is 1.81. The second-order valence-corrected chi connectivity index (χ2v) is 14.3. The largest absolute Gasteiger partial charge is 0.452 e. The lowest BCUT2D eigenvalue weighted by molar-refractivity contribution is -0.286. The van der Waals surface area contributed by atoms with E-state index in [1.165, 1.54) is 55.6 Å². The Bertz CT molecular complexity index is 1950. The van der Waals surface area contributed by atoms with Crippen molar-refractivity contribution in [1.82, 2.24) is 0 Å². The van der Waals surface area contributed by atoms with Crippen LogP contribution in [0.1, 0.15) is 31.8 Å². The van der Waals surface area contributed by atoms with Crippen molar-refractivity contribution in [2.24, 2.45) is 0 Å². The van der Waals surface area contributed by atoms with Gasteiger partial charge in [-0.15, -0.1) is 0 Å². The van der Waals surface area contributed by atoms with Crippen LogP contribution in [0.15, 0.2) is 119 Å². The van der Waals surface area contributed by atoms with Crippen molar-refractivity contribution in [3.63, 3.8) is 0 Å². The monoisotopic (exact) mass is 710 g/mol. The summed E-state index contributed by atoms with van der Waals surface area (Å²) in [5.74, 6) is -1.79. The highest BCUT2D eigenvalue weighted by Crippen LogP contribution is 2.33. The maximum absolute atomic E-state index is 13.7. The SMILES string of the molecule is COC1OC(COS(=O)(=O)c2ccc(C)cc2)C(OS(=O)(=O)c2ccc(C)cc2)C(OC(=O)c2ccccc2)C1OC(=O)c1ccccc1. The number of benzene rings is 4. The third-order valence-electron chi connectivity index (χ3n) is 7.57. The van der Waals surface area contributed by atoms with Crippen LogP contribution < -0.4 is 0 Å². The molecule has 5 unspecified atom stereocenters. The Morgan fingerprint density at radius 3 is 1.53 bits per heavy atom. The van der Waals surface area contributed by atoms with Gasteiger partial charge in [-0.05, 0) is 62.4 Å². The fourth-order valence-corrected chi connectivity index (χ4v) is 6.97. The number of carbonyl (C=O) groups excluding carboxylic acids is 2. The first-order valence-corrected chi connectivity index (χ1v) is 17.9. The summed E-state index contributed by atoms with van der Waals surface area (Å²) < 4.78 is 87.9. The van der Waals surface area contributed by atoms with Crippen LogP contribution in [0, 0.1) is 13.8 Å². The molecule has 258 valence electrons. The molecule has 0 amide bonds. The molecule has 14 heteroatoms. The maximum Gasteiger partial charge on any atom is 0.338 e. The summed E-state index contributed by atoms with van der Waals surface area (Å²) in [6, 6.07) is 27.3. The summed E-state index contributed by atoms with van der Waals surface area (Å²) in [7, 11) is -7.82. The minimum atomic E-state index is -4.64. The predicted molar refractivity (Wildman–Crippen MR) is 175 cm³/mol. The molecular weight excluding hydrogens is 677 g/mol. The molecule has 4 aromatic carbocycles. The fraction of sp³-hybridized carbons (Fsp3) is 0.257. The normalized spacial score (nSPS) is 21.1. The summed E-state index contributed by atoms with van der Waals surface area (Å²) >= 11 is 0. The molecular formula is C35H34O12S2. The summed E-state index contributed by atoms with van der Waals surface area (Å²) in [4.78, 5) is 26.4. The molecule has 0 aliphatic carbocycles. The van der Waals surface area contributed by atoms with Gasteiger partial charge in [-0.1, -0.05) is 71.8 Å². The number of hydrogen-bond donors (Lipinski definition) is 0. The molecule has 4 aromatic rings. The molecule has 5 atom stereocenters. The van der Waals surface area contributed by atoms with Gasteiger partial charge in [0.25, 0.3) is 20.2 Å². The second kappa shape index (κ2) is 15.4. The molecule has 0 spiro atoms. The van der Waals surface area contributed by atoms with Crippen LogP contribution in [-0.2, 0) is 47.5 Å². The summed E-state index contributed by atoms with van der Waals surface area (Å²) in [6.45, 7) is 2.75. The topological polar surface area (TPSA) is 158 Å². The van der Waals surface area contributed by atoms with E-state index in [2.05, 4.69) is 0 Å². The number of methoxy groups -OCH3 is 1. The van der Waals surface area contributed by atoms with Crippen molar-refractivity contribution >= 4 is 32.2 Å². The highest BCUT2D eigenvalue weighted by atomic mass is 32.2. The predicted octanol–water partition coefficient (Wildman–Crippen LogP) is 4.61. The van der Waals surface area contributed by atoms with Crippen molar-refractivity contribution in [2.45, 2.75) is 54.3 Å². The number of carbonyl (C=O) groups is 2. The lowest BCUT2D eigenvalue weighted by atomic mass is 9.98. The third kappa shape index (κ3) is 8.78. The number of aryl methyl sites for hydroxylation is 2. The third-order valence-corrected chi connectivity index (χ3v) is 10.2. The lowest BCUT2D eigenvalue weighted by Crippen LogP contribution is -2.63. The Kier molecular flexibility index (Phi) is 11.3. The van der Waals surface area contributed by atoms with Gasteiger partial charge in [0, 0.05) is 7.11 Å². The minimum absolute atomic E-state index is 0.0889. The standard InChI is InChI=1S/C35H34O12S2/c1-23-14-18-27(19-15-23)48(38,39)43-22-29-30(47-49(40,41)28-20-16-24(2)17-21-28)31(45-33(36)25-10-6-4-7-11-25)32(35(42-3)44-29)46-34(37)26-12-8-5-9-13-26/h4-21,29-32,35H,22H2,1-3H3. The van der Waals surface area contributed by atoms with Crippen LogP contribution in [0.3, 0.4) is 0 Å². The minimum Gasteiger partial charge on any atom is -0.452 e. The van der Waals surface area contributed by atoms with Gasteiger partial charge in [-0.2, -0.15) is 16.8 Å². The second-order valence-electron chi connectivity index (χ2n) is 11.1. The number of rotatable bonds is 12. The highest BCUT2D eigenvalue weighted by molar-refractivity contribution is 7.87. The molecule has 12 nitrogen and oxygen atoms in total. The van der Waals surface area contributed by atoms with E-state index in [1.54, 1.807) is 74.5 Å². The van der Waals surface area contributed by atoms with Gasteiger partial charge in [0.15, 0.2) is 18.5 Å². The molecule has 0 radical (unpaired) electrons. The van der Waals surface area contributed by atoms with Crippen molar-refractivity contribution in [3.05, 3.63) is 131 Å². The van der Waals surface area contributed by atoms with Gasteiger partial charge in [-0.25, -0.2) is 9.59 Å². The van der Waals surface area contributed by atoms with E-state index in [4.69, 9.17) is 27.3 Å². The van der Waals surface area contributed by atoms with Crippen LogP contribution in [-0.4, -0.2) is 73.2 Å². The molecule has 0 N–H and O–H groups in total. The zero-order chi connectivity index (χ0) is 35.2. The van der Waals surface area contributed by atoms with Crippen LogP contribution in [0.5, 0.6) is 0 Å². The highest BCUT2D eigenvalue weighted by Gasteiger charge is 2.53. The van der Waals surface area contributed by atoms with E-state index < -0.39 is 69.5 Å². The molecule has 1 fully saturated rings. The van der Waals surface area contributed by atoms with E-state index >= 15 is 0 Å². The first kappa shape index (κ1) is 35.9. The van der Waals surface area contributed by atoms with E-state index in [0.717, 1.165) is 11.1 Å². The molecule has 0 bridgehead atoms. The van der Waals surface area contributed by atoms with Crippen LogP contribution in [0.25, 0.3) is 0 Å². The number of esters is 2. The van der Waals surface area contributed by atoms with Gasteiger partial charge in [-0.3, -0.25) is 8.37 Å². The maximum atomic E-state index is 13.7. The average molecular weight is 711 g/mol. The molecule has 1 heterocycles. The van der Waals surface area contributed by atoms with E-state index in [-0.39, 0.29) is 20.9 Å². The first-order valence-electron chi connectivity index (χ1n) is 15.0. The smallest absolute Gasteiger partial charge is 0.338 e. The van der Waals surface area contributed by atoms with Crippen molar-refractivity contribution < 1.29 is 53.7 Å². The summed E-state index contributed by atoms with van der Waals surface area (Å²) in [6.07, 6.45) is -8.21. The van der Waals surface area contributed by atoms with Gasteiger partial charge in [0.1, 0.15) is 12.2 Å². The fourth-order valence-electron chi connectivity index (χ4n) is 4.95. The molecule has 5 rings (SSSR count). The molecule has 1 aliphatic heterocycles. The van der Waals surface area contributed by atoms with Crippen molar-refractivity contribution in [2.75, 3.05) is 13.7 Å². The molecule has 1 saturated heterocycles. The lowest BCUT2D eigenvalue weighted by Gasteiger charge is -2.43. The van der Waals surface area contributed by atoms with Gasteiger partial charge in [0.05, 0.1) is 27.5 Å². The zero-order valence-corrected chi connectivity index (χ0v) is 28.3. The Hall–Kier alpha value is -4.44. The van der Waals surface area contributed by atoms with Crippen molar-refractivity contribution in [3.8, 4) is 0 Å². The first-order chi connectivity index (χ1) is 23.4. The quantitative estimate of drug-likeness (QED) is 0.149. The van der Waals surface area contributed by atoms with E-state index in [9.17, 15) is 26.4 Å². The number of ether oxygens (including phenoxy) is 4. The number of hydrogen-bond acceptors (Lipinski definition) is 12. The van der Waals surface area contributed by atoms with Crippen LogP contribution in [0.4, 0.5) is 0 Å². The van der Waals surface area contributed by atoms with Crippen LogP contribution in [0.2, 0.25) is 0 Å². The Balaban J connectivity index is 1.56. The van der Waals surface area contributed by atoms with Gasteiger partial charge >= 0.3 is 11.9 Å². The van der Waals surface area contributed by atoms with Gasteiger partial charge < -0.3 is 18.9 Å². The Morgan fingerprint density at radius 1 is 0.612 bits per heavy atom. The van der Waals surface area contributed by atoms with Gasteiger partial charge in [0.2, 0.25) is 0 Å². The molecule has 49 heavy (non-hydrogen) atoms. The molecule has 0 aromatic heterocycles. The Labute approximate surface area is 284 Å². The van der Waals surface area contributed by atoms with E-state index in [1.807, 2.05) is 0 Å². The Morgan fingerprint density at radius 2 is 1.06 bits per heavy atom. The van der Waals surface area contributed by atoms with E-state index in [0.29, 0.717) is 0 Å². The van der Waals surface area contributed by atoms with Crippen molar-refractivity contribution in [1.29, 1.82) is 0 Å². The average Bonchev–Trinajstić information content (AvgIpc) is 3.10. The summed E-state index contributed by atoms with van der Waals surface area (Å²) in [5, 5.41) is 0. The molecule has 1 aliphatic rings. The molecule has 0 saturated carbocycles.